The highest BCUT2D eigenvalue weighted by molar-refractivity contribution is 14.0. The highest BCUT2D eigenvalue weighted by Gasteiger charge is 2.15. The van der Waals surface area contributed by atoms with Crippen molar-refractivity contribution >= 4 is 41.7 Å². The predicted octanol–water partition coefficient (Wildman–Crippen LogP) is 3.17. The van der Waals surface area contributed by atoms with Crippen LogP contribution in [0.3, 0.4) is 0 Å². The average Bonchev–Trinajstić information content (AvgIpc) is 2.93. The quantitative estimate of drug-likeness (QED) is 0.344. The third-order valence-electron chi connectivity index (χ3n) is 3.81. The summed E-state index contributed by atoms with van der Waals surface area (Å²) in [6.45, 7) is 15.0. The third-order valence-corrected chi connectivity index (χ3v) is 5.19. The first-order chi connectivity index (χ1) is 10.0. The smallest absolute Gasteiger partial charge is 0.191 e. The number of aliphatic imine (C=N–C) groups is 1. The average molecular weight is 442 g/mol. The van der Waals surface area contributed by atoms with Gasteiger partial charge in [-0.1, -0.05) is 0 Å². The molecule has 4 nitrogen and oxygen atoms in total. The Morgan fingerprint density at radius 1 is 1.23 bits per heavy atom. The van der Waals surface area contributed by atoms with Crippen LogP contribution in [-0.2, 0) is 0 Å². The molecule has 0 aliphatic carbocycles. The van der Waals surface area contributed by atoms with Crippen molar-refractivity contribution < 1.29 is 0 Å². The summed E-state index contributed by atoms with van der Waals surface area (Å²) in [5.74, 6) is 2.28. The first-order valence-electron chi connectivity index (χ1n) is 8.44. The number of guanidine groups is 1. The van der Waals surface area contributed by atoms with Crippen molar-refractivity contribution in [2.75, 3.05) is 31.9 Å². The van der Waals surface area contributed by atoms with E-state index in [1.54, 1.807) is 0 Å². The molecule has 22 heavy (non-hydrogen) atoms. The summed E-state index contributed by atoms with van der Waals surface area (Å²) in [5.41, 5.74) is 0. The monoisotopic (exact) mass is 442 g/mol. The van der Waals surface area contributed by atoms with Gasteiger partial charge in [-0.05, 0) is 53.2 Å². The van der Waals surface area contributed by atoms with Crippen LogP contribution in [0.4, 0.5) is 0 Å². The molecule has 1 aliphatic heterocycles. The van der Waals surface area contributed by atoms with Gasteiger partial charge in [0.1, 0.15) is 0 Å². The second-order valence-corrected chi connectivity index (χ2v) is 7.62. The number of thioether (sulfide) groups is 1. The van der Waals surface area contributed by atoms with Crippen molar-refractivity contribution in [3.8, 4) is 0 Å². The summed E-state index contributed by atoms with van der Waals surface area (Å²) in [7, 11) is 0. The molecule has 1 heterocycles. The molecule has 0 saturated carbocycles. The fourth-order valence-corrected chi connectivity index (χ4v) is 3.92. The maximum atomic E-state index is 4.74. The molecule has 0 radical (unpaired) electrons. The highest BCUT2D eigenvalue weighted by Crippen LogP contribution is 2.25. The van der Waals surface area contributed by atoms with E-state index in [0.29, 0.717) is 12.1 Å². The van der Waals surface area contributed by atoms with Gasteiger partial charge in [0, 0.05) is 37.0 Å². The summed E-state index contributed by atoms with van der Waals surface area (Å²) >= 11 is 2.07. The second kappa shape index (κ2) is 12.7. The standard InChI is InChI=1S/C16H34N4S.HI/c1-6-17-16(19-12-15-8-7-11-21-15)18-9-10-20(13(2)3)14(4)5;/h13-15H,6-12H2,1-5H3,(H2,17,18,19);1H. The van der Waals surface area contributed by atoms with Crippen LogP contribution in [0, 0.1) is 0 Å². The fraction of sp³-hybridized carbons (Fsp3) is 0.938. The van der Waals surface area contributed by atoms with Gasteiger partial charge in [0.15, 0.2) is 5.96 Å². The van der Waals surface area contributed by atoms with Crippen LogP contribution >= 0.6 is 35.7 Å². The number of hydrogen-bond acceptors (Lipinski definition) is 3. The topological polar surface area (TPSA) is 39.7 Å². The molecule has 1 fully saturated rings. The van der Waals surface area contributed by atoms with Crippen molar-refractivity contribution in [1.29, 1.82) is 0 Å². The zero-order valence-electron chi connectivity index (χ0n) is 14.9. The van der Waals surface area contributed by atoms with Gasteiger partial charge in [-0.15, -0.1) is 24.0 Å². The van der Waals surface area contributed by atoms with Gasteiger partial charge in [-0.2, -0.15) is 11.8 Å². The molecule has 6 heteroatoms. The van der Waals surface area contributed by atoms with Crippen molar-refractivity contribution in [3.05, 3.63) is 0 Å². The van der Waals surface area contributed by atoms with E-state index in [2.05, 4.69) is 61.9 Å². The molecule has 132 valence electrons. The van der Waals surface area contributed by atoms with Crippen LogP contribution in [-0.4, -0.2) is 60.1 Å². The molecule has 0 aromatic heterocycles. The minimum atomic E-state index is 0. The van der Waals surface area contributed by atoms with Crippen molar-refractivity contribution in [3.63, 3.8) is 0 Å². The minimum Gasteiger partial charge on any atom is -0.357 e. The van der Waals surface area contributed by atoms with Crippen LogP contribution in [0.25, 0.3) is 0 Å². The van der Waals surface area contributed by atoms with Crippen molar-refractivity contribution in [2.24, 2.45) is 4.99 Å². The molecule has 1 saturated heterocycles. The molecule has 1 unspecified atom stereocenters. The van der Waals surface area contributed by atoms with E-state index in [0.717, 1.165) is 37.4 Å². The van der Waals surface area contributed by atoms with Crippen LogP contribution in [0.2, 0.25) is 0 Å². The second-order valence-electron chi connectivity index (χ2n) is 6.21. The predicted molar refractivity (Wildman–Crippen MR) is 112 cm³/mol. The van der Waals surface area contributed by atoms with Crippen LogP contribution < -0.4 is 10.6 Å². The molecular weight excluding hydrogens is 407 g/mol. The highest BCUT2D eigenvalue weighted by atomic mass is 127. The largest absolute Gasteiger partial charge is 0.357 e. The Kier molecular flexibility index (Phi) is 12.9. The Hall–Kier alpha value is 0.310. The van der Waals surface area contributed by atoms with E-state index in [1.807, 2.05) is 0 Å². The first kappa shape index (κ1) is 22.3. The van der Waals surface area contributed by atoms with Gasteiger partial charge in [0.2, 0.25) is 0 Å². The normalized spacial score (nSPS) is 18.9. The molecule has 2 N–H and O–H groups in total. The number of rotatable bonds is 8. The Balaban J connectivity index is 0.00000441. The van der Waals surface area contributed by atoms with Gasteiger partial charge in [-0.3, -0.25) is 9.89 Å². The lowest BCUT2D eigenvalue weighted by Gasteiger charge is -2.30. The van der Waals surface area contributed by atoms with E-state index >= 15 is 0 Å². The van der Waals surface area contributed by atoms with Gasteiger partial charge < -0.3 is 10.6 Å². The maximum Gasteiger partial charge on any atom is 0.191 e. The molecule has 1 rings (SSSR count). The van der Waals surface area contributed by atoms with Gasteiger partial charge in [0.25, 0.3) is 0 Å². The number of halogens is 1. The Morgan fingerprint density at radius 3 is 2.41 bits per heavy atom. The number of nitrogens with zero attached hydrogens (tertiary/aromatic N) is 2. The Morgan fingerprint density at radius 2 is 1.91 bits per heavy atom. The summed E-state index contributed by atoms with van der Waals surface area (Å²) < 4.78 is 0. The zero-order valence-corrected chi connectivity index (χ0v) is 18.0. The summed E-state index contributed by atoms with van der Waals surface area (Å²) in [6, 6.07) is 1.17. The lowest BCUT2D eigenvalue weighted by atomic mass is 10.2. The van der Waals surface area contributed by atoms with Crippen molar-refractivity contribution in [1.82, 2.24) is 15.5 Å². The fourth-order valence-electron chi connectivity index (χ4n) is 2.74. The summed E-state index contributed by atoms with van der Waals surface area (Å²) in [5, 5.41) is 7.55. The third kappa shape index (κ3) is 8.82. The molecule has 1 atom stereocenters. The van der Waals surface area contributed by atoms with Crippen molar-refractivity contribution in [2.45, 2.75) is 64.8 Å². The number of hydrogen-bond donors (Lipinski definition) is 2. The first-order valence-corrected chi connectivity index (χ1v) is 9.49. The van der Waals surface area contributed by atoms with Gasteiger partial charge >= 0.3 is 0 Å². The lowest BCUT2D eigenvalue weighted by molar-refractivity contribution is 0.178. The summed E-state index contributed by atoms with van der Waals surface area (Å²) in [4.78, 5) is 7.24. The van der Waals surface area contributed by atoms with Crippen LogP contribution in [0.15, 0.2) is 4.99 Å². The lowest BCUT2D eigenvalue weighted by Crippen LogP contribution is -2.45. The molecule has 0 aromatic rings. The Bertz CT molecular complexity index is 297. The van der Waals surface area contributed by atoms with Gasteiger partial charge in [0.05, 0.1) is 6.54 Å². The van der Waals surface area contributed by atoms with Crippen LogP contribution in [0.1, 0.15) is 47.5 Å². The minimum absolute atomic E-state index is 0. The van der Waals surface area contributed by atoms with E-state index in [4.69, 9.17) is 4.99 Å². The molecule has 1 aliphatic rings. The van der Waals surface area contributed by atoms with Gasteiger partial charge in [-0.25, -0.2) is 0 Å². The number of nitrogens with one attached hydrogen (secondary N) is 2. The van der Waals surface area contributed by atoms with E-state index in [1.165, 1.54) is 18.6 Å². The summed E-state index contributed by atoms with van der Waals surface area (Å²) in [6.07, 6.45) is 2.68. The molecule has 0 aromatic carbocycles. The molecular formula is C16H35IN4S. The molecule has 0 amide bonds. The molecule has 0 bridgehead atoms. The Labute approximate surface area is 158 Å². The zero-order chi connectivity index (χ0) is 15.7. The SMILES string of the molecule is CCNC(=NCC1CCCS1)NCCN(C(C)C)C(C)C.I. The molecule has 0 spiro atoms. The van der Waals surface area contributed by atoms with E-state index in [-0.39, 0.29) is 24.0 Å². The van der Waals surface area contributed by atoms with E-state index in [9.17, 15) is 0 Å². The maximum absolute atomic E-state index is 4.74. The van der Waals surface area contributed by atoms with Crippen LogP contribution in [0.5, 0.6) is 0 Å². The van der Waals surface area contributed by atoms with E-state index < -0.39 is 0 Å².